The van der Waals surface area contributed by atoms with Crippen molar-refractivity contribution in [1.29, 1.82) is 0 Å². The lowest BCUT2D eigenvalue weighted by molar-refractivity contribution is 0.473. The molecule has 1 heterocycles. The van der Waals surface area contributed by atoms with Crippen LogP contribution in [0, 0.1) is 0 Å². The van der Waals surface area contributed by atoms with Crippen molar-refractivity contribution in [2.24, 2.45) is 0 Å². The molecule has 0 saturated heterocycles. The summed E-state index contributed by atoms with van der Waals surface area (Å²) < 4.78 is 5.08. The Bertz CT molecular complexity index is 381. The van der Waals surface area contributed by atoms with Crippen molar-refractivity contribution in [3.05, 3.63) is 42.7 Å². The van der Waals surface area contributed by atoms with E-state index in [1.54, 1.807) is 18.0 Å². The first-order valence-corrected chi connectivity index (χ1v) is 5.11. The van der Waals surface area contributed by atoms with Gasteiger partial charge >= 0.3 is 0 Å². The predicted octanol–water partition coefficient (Wildman–Crippen LogP) is 3.72. The number of benzene rings is 1. The van der Waals surface area contributed by atoms with Crippen LogP contribution in [0.5, 0.6) is 0 Å². The highest BCUT2D eigenvalue weighted by Gasteiger charge is 1.99. The van der Waals surface area contributed by atoms with Crippen LogP contribution in [-0.4, -0.2) is 0 Å². The summed E-state index contributed by atoms with van der Waals surface area (Å²) in [5.41, 5.74) is 0. The lowest BCUT2D eigenvalue weighted by Gasteiger charge is -1.95. The van der Waals surface area contributed by atoms with Crippen molar-refractivity contribution in [3.8, 4) is 0 Å². The first kappa shape index (κ1) is 8.78. The summed E-state index contributed by atoms with van der Waals surface area (Å²) in [4.78, 5) is 2.29. The number of rotatable bonds is 2. The zero-order valence-corrected chi connectivity index (χ0v) is 8.52. The van der Waals surface area contributed by atoms with Gasteiger partial charge in [0.2, 0.25) is 0 Å². The lowest BCUT2D eigenvalue weighted by Crippen LogP contribution is -1.67. The third kappa shape index (κ3) is 2.32. The SMILES string of the molecule is Sc1cc(Sc2ccccc2)co1. The third-order valence-electron chi connectivity index (χ3n) is 1.54. The van der Waals surface area contributed by atoms with Gasteiger partial charge in [0.05, 0.1) is 4.90 Å². The topological polar surface area (TPSA) is 13.1 Å². The summed E-state index contributed by atoms with van der Waals surface area (Å²) in [6, 6.07) is 12.1. The number of furan rings is 1. The second-order valence-corrected chi connectivity index (χ2v) is 4.12. The molecular weight excluding hydrogens is 200 g/mol. The molecule has 1 aromatic carbocycles. The molecule has 0 radical (unpaired) electrons. The van der Waals surface area contributed by atoms with Crippen LogP contribution in [0.3, 0.4) is 0 Å². The number of hydrogen-bond acceptors (Lipinski definition) is 3. The summed E-state index contributed by atoms with van der Waals surface area (Å²) in [5, 5.41) is 0.651. The van der Waals surface area contributed by atoms with E-state index >= 15 is 0 Å². The van der Waals surface area contributed by atoms with Gasteiger partial charge in [0.1, 0.15) is 6.26 Å². The standard InChI is InChI=1S/C10H8OS2/c12-10-6-9(7-11-10)13-8-4-2-1-3-5-8/h1-7,12H. The van der Waals surface area contributed by atoms with Gasteiger partial charge in [-0.3, -0.25) is 0 Å². The van der Waals surface area contributed by atoms with Crippen molar-refractivity contribution < 1.29 is 4.42 Å². The molecule has 0 unspecified atom stereocenters. The highest BCUT2D eigenvalue weighted by Crippen LogP contribution is 2.29. The molecule has 0 bridgehead atoms. The van der Waals surface area contributed by atoms with Crippen LogP contribution in [0.1, 0.15) is 0 Å². The zero-order chi connectivity index (χ0) is 9.10. The van der Waals surface area contributed by atoms with Gasteiger partial charge in [-0.1, -0.05) is 30.0 Å². The summed E-state index contributed by atoms with van der Waals surface area (Å²) >= 11 is 5.76. The van der Waals surface area contributed by atoms with Gasteiger partial charge in [-0.15, -0.1) is 12.6 Å². The molecule has 2 aromatic rings. The number of thiol groups is 1. The molecule has 0 saturated carbocycles. The smallest absolute Gasteiger partial charge is 0.158 e. The summed E-state index contributed by atoms with van der Waals surface area (Å²) in [5.74, 6) is 0. The maximum atomic E-state index is 5.08. The Morgan fingerprint density at radius 1 is 1.08 bits per heavy atom. The van der Waals surface area contributed by atoms with E-state index in [0.717, 1.165) is 4.90 Å². The van der Waals surface area contributed by atoms with Gasteiger partial charge in [0.25, 0.3) is 0 Å². The quantitative estimate of drug-likeness (QED) is 0.755. The molecule has 0 N–H and O–H groups in total. The molecule has 3 heteroatoms. The molecule has 1 nitrogen and oxygen atoms in total. The molecule has 2 rings (SSSR count). The minimum absolute atomic E-state index is 0.651. The van der Waals surface area contributed by atoms with Crippen molar-refractivity contribution in [3.63, 3.8) is 0 Å². The fourth-order valence-electron chi connectivity index (χ4n) is 0.986. The van der Waals surface area contributed by atoms with Crippen LogP contribution in [0.15, 0.2) is 62.0 Å². The average Bonchev–Trinajstić information content (AvgIpc) is 2.53. The Labute approximate surface area is 86.6 Å². The van der Waals surface area contributed by atoms with E-state index in [1.165, 1.54) is 4.90 Å². The predicted molar refractivity (Wildman–Crippen MR) is 56.5 cm³/mol. The first-order valence-electron chi connectivity index (χ1n) is 3.85. The van der Waals surface area contributed by atoms with Gasteiger partial charge in [0.15, 0.2) is 5.09 Å². The molecular formula is C10H8OS2. The molecule has 0 spiro atoms. The summed E-state index contributed by atoms with van der Waals surface area (Å²) in [6.45, 7) is 0. The van der Waals surface area contributed by atoms with E-state index in [9.17, 15) is 0 Å². The maximum absolute atomic E-state index is 5.08. The fraction of sp³-hybridized carbons (Fsp3) is 0. The van der Waals surface area contributed by atoms with Gasteiger partial charge in [-0.25, -0.2) is 0 Å². The van der Waals surface area contributed by atoms with E-state index in [1.807, 2.05) is 24.3 Å². The Kier molecular flexibility index (Phi) is 2.66. The van der Waals surface area contributed by atoms with Crippen LogP contribution in [0.2, 0.25) is 0 Å². The second kappa shape index (κ2) is 3.94. The normalized spacial score (nSPS) is 10.2. The molecule has 0 amide bonds. The molecule has 0 atom stereocenters. The van der Waals surface area contributed by atoms with Crippen molar-refractivity contribution in [2.75, 3.05) is 0 Å². The van der Waals surface area contributed by atoms with Gasteiger partial charge in [-0.05, 0) is 12.1 Å². The van der Waals surface area contributed by atoms with E-state index in [4.69, 9.17) is 4.42 Å². The minimum Gasteiger partial charge on any atom is -0.457 e. The molecule has 0 fully saturated rings. The van der Waals surface area contributed by atoms with Crippen LogP contribution in [0.4, 0.5) is 0 Å². The monoisotopic (exact) mass is 208 g/mol. The van der Waals surface area contributed by atoms with Gasteiger partial charge in [0, 0.05) is 11.0 Å². The zero-order valence-electron chi connectivity index (χ0n) is 6.81. The highest BCUT2D eigenvalue weighted by atomic mass is 32.2. The Morgan fingerprint density at radius 2 is 1.85 bits per heavy atom. The van der Waals surface area contributed by atoms with Crippen LogP contribution in [0.25, 0.3) is 0 Å². The van der Waals surface area contributed by atoms with E-state index in [-0.39, 0.29) is 0 Å². The van der Waals surface area contributed by atoms with E-state index in [0.29, 0.717) is 5.09 Å². The third-order valence-corrected chi connectivity index (χ3v) is 2.73. The Morgan fingerprint density at radius 3 is 2.46 bits per heavy atom. The molecule has 0 aliphatic carbocycles. The van der Waals surface area contributed by atoms with Gasteiger partial charge in [-0.2, -0.15) is 0 Å². The largest absolute Gasteiger partial charge is 0.457 e. The fourth-order valence-corrected chi connectivity index (χ4v) is 2.09. The summed E-state index contributed by atoms with van der Waals surface area (Å²) in [6.07, 6.45) is 1.71. The maximum Gasteiger partial charge on any atom is 0.158 e. The Balaban J connectivity index is 2.15. The van der Waals surface area contributed by atoms with Gasteiger partial charge < -0.3 is 4.42 Å². The van der Waals surface area contributed by atoms with E-state index in [2.05, 4.69) is 24.8 Å². The average molecular weight is 208 g/mol. The molecule has 0 aliphatic rings. The number of hydrogen-bond donors (Lipinski definition) is 1. The van der Waals surface area contributed by atoms with Crippen LogP contribution < -0.4 is 0 Å². The first-order chi connectivity index (χ1) is 6.34. The van der Waals surface area contributed by atoms with Crippen molar-refractivity contribution in [1.82, 2.24) is 0 Å². The summed E-state index contributed by atoms with van der Waals surface area (Å²) in [7, 11) is 0. The molecule has 13 heavy (non-hydrogen) atoms. The molecule has 0 aliphatic heterocycles. The van der Waals surface area contributed by atoms with Crippen LogP contribution >= 0.6 is 24.4 Å². The Hall–Kier alpha value is -0.800. The van der Waals surface area contributed by atoms with Crippen molar-refractivity contribution in [2.45, 2.75) is 14.9 Å². The van der Waals surface area contributed by atoms with E-state index < -0.39 is 0 Å². The minimum atomic E-state index is 0.651. The highest BCUT2D eigenvalue weighted by molar-refractivity contribution is 7.99. The molecule has 1 aromatic heterocycles. The lowest BCUT2D eigenvalue weighted by atomic mass is 10.4. The van der Waals surface area contributed by atoms with Crippen LogP contribution in [-0.2, 0) is 0 Å². The van der Waals surface area contributed by atoms with Crippen molar-refractivity contribution >= 4 is 24.4 Å². The molecule has 66 valence electrons. The second-order valence-electron chi connectivity index (χ2n) is 2.54.